The van der Waals surface area contributed by atoms with Gasteiger partial charge in [0.15, 0.2) is 0 Å². The Kier molecular flexibility index (Phi) is 5.09. The number of hydrazone groups is 1. The maximum Gasteiger partial charge on any atom is 0.132 e. The molecule has 2 rings (SSSR count). The molecule has 1 saturated heterocycles. The molecule has 1 fully saturated rings. The molecule has 17 heavy (non-hydrogen) atoms. The lowest BCUT2D eigenvalue weighted by Crippen LogP contribution is -2.30. The first-order chi connectivity index (χ1) is 8.36. The van der Waals surface area contributed by atoms with Crippen molar-refractivity contribution in [2.45, 2.75) is 12.8 Å². The number of ether oxygens (including phenoxy) is 2. The number of nitrogens with zero attached hydrogens (tertiary/aromatic N) is 1. The lowest BCUT2D eigenvalue weighted by Gasteiger charge is -2.23. The van der Waals surface area contributed by atoms with E-state index in [4.69, 9.17) is 21.1 Å². The zero-order valence-corrected chi connectivity index (χ0v) is 10.5. The molecule has 0 amide bonds. The average Bonchev–Trinajstić information content (AvgIpc) is 2.35. The van der Waals surface area contributed by atoms with E-state index in [1.807, 2.05) is 0 Å². The van der Waals surface area contributed by atoms with Crippen LogP contribution in [0, 0.1) is 5.92 Å². The third-order valence-electron chi connectivity index (χ3n) is 2.81. The highest BCUT2D eigenvalue weighted by atomic mass is 35.5. The van der Waals surface area contributed by atoms with E-state index in [1.54, 1.807) is 6.21 Å². The Morgan fingerprint density at radius 3 is 3.29 bits per heavy atom. The Labute approximate surface area is 106 Å². The lowest BCUT2D eigenvalue weighted by molar-refractivity contribution is 0.0558. The van der Waals surface area contributed by atoms with Gasteiger partial charge < -0.3 is 14.8 Å². The summed E-state index contributed by atoms with van der Waals surface area (Å²) < 4.78 is 10.7. The van der Waals surface area contributed by atoms with Crippen molar-refractivity contribution in [1.82, 2.24) is 10.7 Å². The second-order valence-corrected chi connectivity index (χ2v) is 4.65. The second kappa shape index (κ2) is 6.83. The van der Waals surface area contributed by atoms with Gasteiger partial charge in [-0.15, -0.1) is 0 Å². The zero-order chi connectivity index (χ0) is 11.9. The Morgan fingerprint density at radius 1 is 1.53 bits per heavy atom. The number of nitrogens with one attached hydrogen (secondary N) is 2. The quantitative estimate of drug-likeness (QED) is 0.795. The van der Waals surface area contributed by atoms with Gasteiger partial charge >= 0.3 is 0 Å². The van der Waals surface area contributed by atoms with E-state index in [1.165, 1.54) is 6.42 Å². The van der Waals surface area contributed by atoms with Crippen LogP contribution < -0.4 is 10.7 Å². The third-order valence-corrected chi connectivity index (χ3v) is 3.12. The molecule has 0 saturated carbocycles. The van der Waals surface area contributed by atoms with Crippen molar-refractivity contribution in [2.24, 2.45) is 11.0 Å². The Bertz CT molecular complexity index is 301. The molecule has 0 aromatic rings. The summed E-state index contributed by atoms with van der Waals surface area (Å²) in [4.78, 5) is 0. The molecule has 0 spiro atoms. The first kappa shape index (κ1) is 12.7. The predicted molar refractivity (Wildman–Crippen MR) is 66.9 cm³/mol. The van der Waals surface area contributed by atoms with Crippen molar-refractivity contribution in [2.75, 3.05) is 33.1 Å². The molecule has 0 aromatic carbocycles. The van der Waals surface area contributed by atoms with Crippen LogP contribution in [0.15, 0.2) is 15.8 Å². The summed E-state index contributed by atoms with van der Waals surface area (Å²) >= 11 is 6.12. The van der Waals surface area contributed by atoms with Crippen LogP contribution in [-0.4, -0.2) is 39.3 Å². The molecule has 6 heteroatoms. The lowest BCUT2D eigenvalue weighted by atomic mass is 10.0. The van der Waals surface area contributed by atoms with Gasteiger partial charge in [-0.3, -0.25) is 5.43 Å². The monoisotopic (exact) mass is 259 g/mol. The van der Waals surface area contributed by atoms with Crippen LogP contribution in [0.2, 0.25) is 0 Å². The summed E-state index contributed by atoms with van der Waals surface area (Å²) in [6.07, 6.45) is 4.04. The maximum absolute atomic E-state index is 6.12. The highest BCUT2D eigenvalue weighted by Crippen LogP contribution is 2.14. The summed E-state index contributed by atoms with van der Waals surface area (Å²) in [5.74, 6) is 0.549. The number of halogens is 1. The third kappa shape index (κ3) is 4.18. The normalized spacial score (nSPS) is 32.2. The van der Waals surface area contributed by atoms with Crippen molar-refractivity contribution in [3.05, 3.63) is 10.7 Å². The van der Waals surface area contributed by atoms with Crippen molar-refractivity contribution in [3.63, 3.8) is 0 Å². The van der Waals surface area contributed by atoms with E-state index in [-0.39, 0.29) is 0 Å². The van der Waals surface area contributed by atoms with Crippen LogP contribution in [0.1, 0.15) is 12.8 Å². The van der Waals surface area contributed by atoms with Gasteiger partial charge in [-0.25, -0.2) is 0 Å². The minimum Gasteiger partial charge on any atom is -0.382 e. The summed E-state index contributed by atoms with van der Waals surface area (Å²) in [7, 11) is 0. The summed E-state index contributed by atoms with van der Waals surface area (Å²) in [6, 6.07) is 0. The van der Waals surface area contributed by atoms with Crippen LogP contribution in [-0.2, 0) is 9.47 Å². The molecule has 96 valence electrons. The van der Waals surface area contributed by atoms with E-state index in [9.17, 15) is 0 Å². The fourth-order valence-electron chi connectivity index (χ4n) is 1.85. The highest BCUT2D eigenvalue weighted by molar-refractivity contribution is 6.31. The maximum atomic E-state index is 6.12. The van der Waals surface area contributed by atoms with E-state index in [0.29, 0.717) is 24.3 Å². The summed E-state index contributed by atoms with van der Waals surface area (Å²) in [6.45, 7) is 3.36. The molecule has 2 heterocycles. The molecule has 0 aromatic heterocycles. The molecule has 0 unspecified atom stereocenters. The Morgan fingerprint density at radius 2 is 2.47 bits per heavy atom. The fourth-order valence-corrected chi connectivity index (χ4v) is 2.04. The number of rotatable bonds is 3. The molecule has 0 radical (unpaired) electrons. The van der Waals surface area contributed by atoms with Crippen molar-refractivity contribution >= 4 is 17.8 Å². The van der Waals surface area contributed by atoms with Gasteiger partial charge in [0.2, 0.25) is 0 Å². The van der Waals surface area contributed by atoms with Gasteiger partial charge in [0.25, 0.3) is 0 Å². The van der Waals surface area contributed by atoms with E-state index < -0.39 is 0 Å². The topological polar surface area (TPSA) is 54.9 Å². The van der Waals surface area contributed by atoms with Crippen molar-refractivity contribution < 1.29 is 9.47 Å². The molecule has 0 bridgehead atoms. The molecule has 0 aliphatic carbocycles. The number of allylic oxidation sites excluding steroid dienone is 1. The first-order valence-corrected chi connectivity index (χ1v) is 6.28. The van der Waals surface area contributed by atoms with Gasteiger partial charge in [-0.2, -0.15) is 5.10 Å². The highest BCUT2D eigenvalue weighted by Gasteiger charge is 2.14. The smallest absolute Gasteiger partial charge is 0.132 e. The first-order valence-electron chi connectivity index (χ1n) is 5.90. The Balaban J connectivity index is 1.84. The number of hydrogen-bond acceptors (Lipinski definition) is 5. The van der Waals surface area contributed by atoms with Gasteiger partial charge in [0.1, 0.15) is 6.73 Å². The molecule has 1 atom stereocenters. The predicted octanol–water partition coefficient (Wildman–Crippen LogP) is 1.02. The summed E-state index contributed by atoms with van der Waals surface area (Å²) in [5, 5.41) is 7.96. The van der Waals surface area contributed by atoms with Crippen LogP contribution in [0.4, 0.5) is 0 Å². The van der Waals surface area contributed by atoms with Crippen LogP contribution in [0.5, 0.6) is 0 Å². The van der Waals surface area contributed by atoms with Gasteiger partial charge in [0.05, 0.1) is 30.2 Å². The largest absolute Gasteiger partial charge is 0.382 e. The molecule has 2 aliphatic heterocycles. The zero-order valence-electron chi connectivity index (χ0n) is 9.75. The van der Waals surface area contributed by atoms with E-state index >= 15 is 0 Å². The molecular weight excluding hydrogens is 242 g/mol. The van der Waals surface area contributed by atoms with Crippen LogP contribution in [0.3, 0.4) is 0 Å². The Hall–Kier alpha value is -0.780. The second-order valence-electron chi connectivity index (χ2n) is 4.19. The summed E-state index contributed by atoms with van der Waals surface area (Å²) in [5.41, 5.74) is 3.59. The van der Waals surface area contributed by atoms with Gasteiger partial charge in [-0.1, -0.05) is 11.6 Å². The molecule has 2 aliphatic rings. The van der Waals surface area contributed by atoms with Crippen molar-refractivity contribution in [3.8, 4) is 0 Å². The molecule has 5 nitrogen and oxygen atoms in total. The van der Waals surface area contributed by atoms with Gasteiger partial charge in [-0.05, 0) is 18.8 Å². The van der Waals surface area contributed by atoms with E-state index in [0.717, 1.165) is 31.9 Å². The van der Waals surface area contributed by atoms with Gasteiger partial charge in [0, 0.05) is 13.2 Å². The number of hydrogen-bond donors (Lipinski definition) is 2. The molecule has 2 N–H and O–H groups in total. The standard InChI is InChI=1S/C11H18ClN3O2/c12-10-7-17-8-15-14-5-11(10)13-4-9-2-1-3-16-6-9/h5,9,13,15H,1-4,6-8H2/b11-10-,14-5-/t9-/m0/s1. The SMILES string of the molecule is Cl/C1=C(NC[C@@H]2CCCOC2)/C=N\NCOC1. The van der Waals surface area contributed by atoms with Crippen molar-refractivity contribution in [1.29, 1.82) is 0 Å². The fraction of sp³-hybridized carbons (Fsp3) is 0.727. The van der Waals surface area contributed by atoms with Crippen LogP contribution >= 0.6 is 11.6 Å². The average molecular weight is 260 g/mol. The van der Waals surface area contributed by atoms with Crippen LogP contribution in [0.25, 0.3) is 0 Å². The van der Waals surface area contributed by atoms with E-state index in [2.05, 4.69) is 15.8 Å². The molecular formula is C11H18ClN3O2. The minimum atomic E-state index is 0.385. The minimum absolute atomic E-state index is 0.385.